The van der Waals surface area contributed by atoms with Gasteiger partial charge in [0.25, 0.3) is 0 Å². The van der Waals surface area contributed by atoms with Gasteiger partial charge in [0.1, 0.15) is 0 Å². The van der Waals surface area contributed by atoms with Crippen molar-refractivity contribution < 1.29 is 4.21 Å². The monoisotopic (exact) mass is 252 g/mol. The minimum Gasteiger partial charge on any atom is -0.251 e. The Hall–Kier alpha value is 1.58. The zero-order valence-corrected chi connectivity index (χ0v) is 7.20. The molecule has 36 valence electrons. The van der Waals surface area contributed by atoms with Gasteiger partial charge in [0.05, 0.1) is 4.30 Å². The van der Waals surface area contributed by atoms with E-state index in [0.29, 0.717) is 3.91 Å². The Morgan fingerprint density at radius 1 is 1.67 bits per heavy atom. The third-order valence-electron chi connectivity index (χ3n) is 0.731. The molecule has 2 aliphatic heterocycles. The fourth-order valence-corrected chi connectivity index (χ4v) is 17.4. The van der Waals surface area contributed by atoms with Crippen molar-refractivity contribution in [3.8, 4) is 0 Å². The SMILES string of the molecule is O=S12(I)SC1S2. The molecule has 6 heavy (non-hydrogen) atoms. The van der Waals surface area contributed by atoms with Crippen LogP contribution in [0.15, 0.2) is 0 Å². The molecular formula is CHIOS3. The molecule has 0 aromatic heterocycles. The van der Waals surface area contributed by atoms with Gasteiger partial charge in [-0.05, 0) is 21.6 Å². The summed E-state index contributed by atoms with van der Waals surface area (Å²) in [5, 5.41) is 0. The van der Waals surface area contributed by atoms with Crippen molar-refractivity contribution in [1.82, 2.24) is 0 Å². The molecular weight excluding hydrogens is 251 g/mol. The number of halogens is 1. The minimum absolute atomic E-state index is 0.516. The van der Waals surface area contributed by atoms with E-state index in [1.165, 1.54) is 0 Å². The molecule has 5 heteroatoms. The largest absolute Gasteiger partial charge is 0.251 e. The van der Waals surface area contributed by atoms with Gasteiger partial charge in [0, 0.05) is 21.2 Å². The number of rotatable bonds is 0. The summed E-state index contributed by atoms with van der Waals surface area (Å²) in [6.45, 7) is 0. The van der Waals surface area contributed by atoms with Crippen LogP contribution >= 0.6 is 42.8 Å². The van der Waals surface area contributed by atoms with E-state index in [-0.39, 0.29) is 0 Å². The third-order valence-corrected chi connectivity index (χ3v) is 18.3. The molecule has 1 nitrogen and oxygen atoms in total. The molecule has 2 aliphatic rings. The smallest absolute Gasteiger partial charge is 0.155 e. The molecule has 0 unspecified atom stereocenters. The maximum atomic E-state index is 10.9. The Labute approximate surface area is 54.8 Å². The van der Waals surface area contributed by atoms with E-state index in [2.05, 4.69) is 21.2 Å². The summed E-state index contributed by atoms with van der Waals surface area (Å²) in [4.78, 5) is 0. The highest BCUT2D eigenvalue weighted by molar-refractivity contribution is 14.2. The highest BCUT2D eigenvalue weighted by Crippen LogP contribution is 2.98. The predicted octanol–water partition coefficient (Wildman–Crippen LogP) is 1.76. The fraction of sp³-hybridized carbons (Fsp3) is 1.00. The Morgan fingerprint density at radius 3 is 1.83 bits per heavy atom. The lowest BCUT2D eigenvalue weighted by molar-refractivity contribution is 0.694. The summed E-state index contributed by atoms with van der Waals surface area (Å²) in [5.41, 5.74) is 0. The van der Waals surface area contributed by atoms with E-state index >= 15 is 0 Å². The minimum atomic E-state index is -1.88. The van der Waals surface area contributed by atoms with E-state index in [1.807, 2.05) is 0 Å². The summed E-state index contributed by atoms with van der Waals surface area (Å²) in [6.07, 6.45) is 0. The predicted molar refractivity (Wildman–Crippen MR) is 41.1 cm³/mol. The second-order valence-corrected chi connectivity index (χ2v) is 20.1. The van der Waals surface area contributed by atoms with Crippen LogP contribution in [0, 0.1) is 0 Å². The average molecular weight is 252 g/mol. The van der Waals surface area contributed by atoms with Crippen LogP contribution in [-0.4, -0.2) is 8.12 Å². The number of fused-ring (bicyclic) bond motifs is 1. The van der Waals surface area contributed by atoms with Gasteiger partial charge in [-0.1, -0.05) is 0 Å². The van der Waals surface area contributed by atoms with E-state index in [0.717, 1.165) is 0 Å². The maximum Gasteiger partial charge on any atom is 0.155 e. The van der Waals surface area contributed by atoms with Gasteiger partial charge in [0.15, 0.2) is 3.91 Å². The quantitative estimate of drug-likeness (QED) is 0.283. The van der Waals surface area contributed by atoms with Crippen LogP contribution in [0.2, 0.25) is 0 Å². The maximum absolute atomic E-state index is 10.9. The van der Waals surface area contributed by atoms with E-state index in [1.54, 1.807) is 21.6 Å². The molecule has 2 heterocycles. The topological polar surface area (TPSA) is 17.1 Å². The van der Waals surface area contributed by atoms with Gasteiger partial charge < -0.3 is 0 Å². The van der Waals surface area contributed by atoms with Gasteiger partial charge in [-0.3, -0.25) is 4.21 Å². The summed E-state index contributed by atoms with van der Waals surface area (Å²) in [6, 6.07) is 0. The van der Waals surface area contributed by atoms with Crippen molar-refractivity contribution >= 4 is 47.1 Å². The lowest BCUT2D eigenvalue weighted by atomic mass is 11.9. The molecule has 0 aliphatic carbocycles. The van der Waals surface area contributed by atoms with Crippen LogP contribution in [-0.2, 0) is 4.30 Å². The van der Waals surface area contributed by atoms with Crippen LogP contribution in [0.3, 0.4) is 0 Å². The van der Waals surface area contributed by atoms with Crippen molar-refractivity contribution in [3.05, 3.63) is 0 Å². The fourth-order valence-electron chi connectivity index (χ4n) is 0.240. The normalized spacial score (nSPS) is 60.2. The first-order valence-corrected chi connectivity index (χ1v) is 8.73. The van der Waals surface area contributed by atoms with Crippen LogP contribution in [0.1, 0.15) is 0 Å². The zero-order valence-electron chi connectivity index (χ0n) is 2.59. The molecule has 0 atom stereocenters. The van der Waals surface area contributed by atoms with Crippen molar-refractivity contribution in [2.75, 3.05) is 0 Å². The van der Waals surface area contributed by atoms with E-state index in [4.69, 9.17) is 0 Å². The van der Waals surface area contributed by atoms with Gasteiger partial charge in [-0.15, -0.1) is 0 Å². The van der Waals surface area contributed by atoms with Gasteiger partial charge in [-0.2, -0.15) is 0 Å². The van der Waals surface area contributed by atoms with Crippen LogP contribution < -0.4 is 0 Å². The first-order valence-electron chi connectivity index (χ1n) is 1.36. The molecule has 2 saturated heterocycles. The molecule has 0 saturated carbocycles. The van der Waals surface area contributed by atoms with Crippen molar-refractivity contribution in [1.29, 1.82) is 0 Å². The second-order valence-electron chi connectivity index (χ2n) is 1.25. The summed E-state index contributed by atoms with van der Waals surface area (Å²) in [7, 11) is 3.25. The van der Waals surface area contributed by atoms with E-state index < -0.39 is 4.30 Å². The standard InChI is InChI=1S/CHIOS3/c2-6(3)1(4-6)5-6/h1H. The second kappa shape index (κ2) is 0.745. The molecule has 2 fully saturated rings. The highest BCUT2D eigenvalue weighted by atomic mass is 127. The van der Waals surface area contributed by atoms with Crippen molar-refractivity contribution in [2.45, 2.75) is 3.91 Å². The lowest BCUT2D eigenvalue weighted by Gasteiger charge is -1.87. The summed E-state index contributed by atoms with van der Waals surface area (Å²) in [5.74, 6) is 0. The first kappa shape index (κ1) is 4.46. The highest BCUT2D eigenvalue weighted by Gasteiger charge is 2.80. The van der Waals surface area contributed by atoms with Gasteiger partial charge in [0.2, 0.25) is 0 Å². The van der Waals surface area contributed by atoms with Crippen LogP contribution in [0.4, 0.5) is 0 Å². The average Bonchev–Trinajstić information content (AvgIpc) is 1.77. The molecule has 0 N–H and O–H groups in total. The third kappa shape index (κ3) is 0.379. The molecule has 2 rings (SSSR count). The van der Waals surface area contributed by atoms with Crippen LogP contribution in [0.25, 0.3) is 0 Å². The summed E-state index contributed by atoms with van der Waals surface area (Å²) >= 11 is 2.08. The molecule has 0 aromatic rings. The Bertz CT molecular complexity index is 164. The number of hydrogen-bond donors (Lipinski definition) is 0. The Kier molecular flexibility index (Phi) is 0.554. The van der Waals surface area contributed by atoms with Crippen molar-refractivity contribution in [3.63, 3.8) is 0 Å². The first-order chi connectivity index (χ1) is 2.60. The van der Waals surface area contributed by atoms with Gasteiger partial charge in [-0.25, -0.2) is 0 Å². The molecule has 0 aromatic carbocycles. The molecule has 0 radical (unpaired) electrons. The lowest BCUT2D eigenvalue weighted by Crippen LogP contribution is -1.66. The molecule has 0 spiro atoms. The molecule has 0 amide bonds. The number of hydrogen-bond acceptors (Lipinski definition) is 3. The molecule has 0 bridgehead atoms. The summed E-state index contributed by atoms with van der Waals surface area (Å²) < 4.78 is 9.52. The Balaban J connectivity index is 2.71. The zero-order chi connectivity index (χ0) is 4.44. The van der Waals surface area contributed by atoms with Crippen LogP contribution in [0.5, 0.6) is 0 Å². The van der Waals surface area contributed by atoms with Gasteiger partial charge >= 0.3 is 0 Å². The van der Waals surface area contributed by atoms with Crippen molar-refractivity contribution in [2.24, 2.45) is 0 Å². The Morgan fingerprint density at radius 2 is 1.83 bits per heavy atom. The van der Waals surface area contributed by atoms with E-state index in [9.17, 15) is 4.21 Å².